The summed E-state index contributed by atoms with van der Waals surface area (Å²) in [5.41, 5.74) is 3.22. The molecule has 0 amide bonds. The van der Waals surface area contributed by atoms with Gasteiger partial charge in [-0.1, -0.05) is 30.3 Å². The van der Waals surface area contributed by atoms with Gasteiger partial charge in [0.25, 0.3) is 5.56 Å². The van der Waals surface area contributed by atoms with E-state index >= 15 is 0 Å². The minimum atomic E-state index is -0.205. The first kappa shape index (κ1) is 16.4. The van der Waals surface area contributed by atoms with E-state index in [1.54, 1.807) is 41.2 Å². The second-order valence-electron chi connectivity index (χ2n) is 5.89. The van der Waals surface area contributed by atoms with Crippen LogP contribution in [0, 0.1) is 11.3 Å². The number of benzene rings is 1. The highest BCUT2D eigenvalue weighted by Crippen LogP contribution is 2.23. The van der Waals surface area contributed by atoms with E-state index < -0.39 is 0 Å². The monoisotopic (exact) mass is 350 g/mol. The topological polar surface area (TPSA) is 71.6 Å². The minimum absolute atomic E-state index is 0.205. The number of para-hydroxylation sites is 1. The number of aromatic nitrogens is 3. The Kier molecular flexibility index (Phi) is 4.30. The van der Waals surface area contributed by atoms with Gasteiger partial charge in [0, 0.05) is 23.6 Å². The van der Waals surface area contributed by atoms with Gasteiger partial charge in [-0.05, 0) is 42.5 Å². The summed E-state index contributed by atoms with van der Waals surface area (Å²) in [4.78, 5) is 21.9. The molecule has 0 spiro atoms. The normalized spacial score (nSPS) is 10.3. The highest BCUT2D eigenvalue weighted by atomic mass is 16.1. The van der Waals surface area contributed by atoms with E-state index in [-0.39, 0.29) is 11.3 Å². The molecule has 0 radical (unpaired) electrons. The van der Waals surface area contributed by atoms with Crippen LogP contribution in [0.4, 0.5) is 0 Å². The van der Waals surface area contributed by atoms with Crippen LogP contribution in [0.25, 0.3) is 28.2 Å². The predicted octanol–water partition coefficient (Wildman–Crippen LogP) is 3.83. The molecule has 0 saturated heterocycles. The Morgan fingerprint density at radius 2 is 1.67 bits per heavy atom. The van der Waals surface area contributed by atoms with E-state index in [2.05, 4.69) is 9.97 Å². The number of pyridine rings is 3. The Bertz CT molecular complexity index is 1190. The van der Waals surface area contributed by atoms with Crippen LogP contribution < -0.4 is 5.56 Å². The molecule has 27 heavy (non-hydrogen) atoms. The van der Waals surface area contributed by atoms with Crippen molar-refractivity contribution in [2.75, 3.05) is 0 Å². The van der Waals surface area contributed by atoms with E-state index in [0.29, 0.717) is 11.3 Å². The summed E-state index contributed by atoms with van der Waals surface area (Å²) < 4.78 is 1.58. The zero-order chi connectivity index (χ0) is 18.6. The first-order chi connectivity index (χ1) is 13.3. The molecule has 0 bridgehead atoms. The molecule has 0 N–H and O–H groups in total. The van der Waals surface area contributed by atoms with Crippen molar-refractivity contribution < 1.29 is 0 Å². The number of nitrogens with zero attached hydrogens (tertiary/aromatic N) is 4. The first-order valence-corrected chi connectivity index (χ1v) is 8.37. The van der Waals surface area contributed by atoms with Crippen molar-refractivity contribution in [2.45, 2.75) is 0 Å². The van der Waals surface area contributed by atoms with Crippen LogP contribution in [-0.2, 0) is 0 Å². The van der Waals surface area contributed by atoms with Gasteiger partial charge in [-0.15, -0.1) is 0 Å². The third-order valence-corrected chi connectivity index (χ3v) is 4.15. The Morgan fingerprint density at radius 1 is 0.889 bits per heavy atom. The SMILES string of the molecule is N#Cc1cccc(-c2cc(-c3ccccn3)cn(-c3ccccc3)c2=O)n1. The number of nitriles is 1. The molecular weight excluding hydrogens is 336 g/mol. The van der Waals surface area contributed by atoms with Gasteiger partial charge in [0.05, 0.1) is 17.0 Å². The second kappa shape index (κ2) is 7.06. The molecule has 4 rings (SSSR count). The summed E-state index contributed by atoms with van der Waals surface area (Å²) in [6, 6.07) is 23.9. The lowest BCUT2D eigenvalue weighted by atomic mass is 10.1. The maximum atomic E-state index is 13.2. The molecule has 5 nitrogen and oxygen atoms in total. The van der Waals surface area contributed by atoms with E-state index in [1.165, 1.54) is 0 Å². The van der Waals surface area contributed by atoms with Crippen molar-refractivity contribution in [2.24, 2.45) is 0 Å². The molecular formula is C22H14N4O. The standard InChI is InChI=1S/C22H14N4O/c23-14-17-7-6-11-21(25-17)19-13-16(20-10-4-5-12-24-20)15-26(22(19)27)18-8-2-1-3-9-18/h1-13,15H. The van der Waals surface area contributed by atoms with Gasteiger partial charge in [-0.25, -0.2) is 4.98 Å². The van der Waals surface area contributed by atoms with Crippen molar-refractivity contribution in [3.63, 3.8) is 0 Å². The summed E-state index contributed by atoms with van der Waals surface area (Å²) in [6.45, 7) is 0. The maximum absolute atomic E-state index is 13.2. The van der Waals surface area contributed by atoms with Crippen molar-refractivity contribution >= 4 is 0 Å². The number of hydrogen-bond donors (Lipinski definition) is 0. The Labute approximate surface area is 155 Å². The average Bonchev–Trinajstić information content (AvgIpc) is 2.75. The van der Waals surface area contributed by atoms with Crippen molar-refractivity contribution in [3.8, 4) is 34.3 Å². The summed E-state index contributed by atoms with van der Waals surface area (Å²) in [6.07, 6.45) is 3.49. The van der Waals surface area contributed by atoms with Crippen molar-refractivity contribution in [1.82, 2.24) is 14.5 Å². The van der Waals surface area contributed by atoms with Crippen LogP contribution in [0.3, 0.4) is 0 Å². The lowest BCUT2D eigenvalue weighted by Crippen LogP contribution is -2.20. The van der Waals surface area contributed by atoms with Gasteiger partial charge >= 0.3 is 0 Å². The van der Waals surface area contributed by atoms with Gasteiger partial charge in [-0.3, -0.25) is 14.3 Å². The lowest BCUT2D eigenvalue weighted by Gasteiger charge is -2.12. The molecule has 0 aliphatic carbocycles. The molecule has 0 aliphatic rings. The van der Waals surface area contributed by atoms with Gasteiger partial charge in [0.1, 0.15) is 11.8 Å². The molecule has 1 aromatic carbocycles. The molecule has 3 aromatic heterocycles. The van der Waals surface area contributed by atoms with Gasteiger partial charge in [0.15, 0.2) is 0 Å². The fraction of sp³-hybridized carbons (Fsp3) is 0. The van der Waals surface area contributed by atoms with Crippen LogP contribution in [0.5, 0.6) is 0 Å². The average molecular weight is 350 g/mol. The van der Waals surface area contributed by atoms with Crippen LogP contribution in [0.15, 0.2) is 90.0 Å². The van der Waals surface area contributed by atoms with Crippen LogP contribution in [0.1, 0.15) is 5.69 Å². The Morgan fingerprint density at radius 3 is 2.41 bits per heavy atom. The van der Waals surface area contributed by atoms with Gasteiger partial charge in [0.2, 0.25) is 0 Å². The van der Waals surface area contributed by atoms with Gasteiger partial charge in [-0.2, -0.15) is 5.26 Å². The molecule has 0 atom stereocenters. The van der Waals surface area contributed by atoms with Crippen LogP contribution >= 0.6 is 0 Å². The summed E-state index contributed by atoms with van der Waals surface area (Å²) in [5, 5.41) is 9.14. The summed E-state index contributed by atoms with van der Waals surface area (Å²) >= 11 is 0. The molecule has 4 aromatic rings. The minimum Gasteiger partial charge on any atom is -0.283 e. The summed E-state index contributed by atoms with van der Waals surface area (Å²) in [5.74, 6) is 0. The largest absolute Gasteiger partial charge is 0.283 e. The smallest absolute Gasteiger partial charge is 0.264 e. The first-order valence-electron chi connectivity index (χ1n) is 8.37. The van der Waals surface area contributed by atoms with Gasteiger partial charge < -0.3 is 0 Å². The molecule has 0 saturated carbocycles. The van der Waals surface area contributed by atoms with E-state index in [4.69, 9.17) is 5.26 Å². The molecule has 0 fully saturated rings. The van der Waals surface area contributed by atoms with Crippen LogP contribution in [-0.4, -0.2) is 14.5 Å². The third kappa shape index (κ3) is 3.24. The van der Waals surface area contributed by atoms with E-state index in [9.17, 15) is 4.79 Å². The number of hydrogen-bond acceptors (Lipinski definition) is 4. The molecule has 5 heteroatoms. The molecule has 0 unspecified atom stereocenters. The zero-order valence-electron chi connectivity index (χ0n) is 14.3. The zero-order valence-corrected chi connectivity index (χ0v) is 14.3. The highest BCUT2D eigenvalue weighted by Gasteiger charge is 2.13. The van der Waals surface area contributed by atoms with E-state index in [1.807, 2.05) is 54.6 Å². The van der Waals surface area contributed by atoms with E-state index in [0.717, 1.165) is 16.9 Å². The Balaban J connectivity index is 2.01. The number of rotatable bonds is 3. The highest BCUT2D eigenvalue weighted by molar-refractivity contribution is 5.69. The fourth-order valence-electron chi connectivity index (χ4n) is 2.87. The quantitative estimate of drug-likeness (QED) is 0.563. The fourth-order valence-corrected chi connectivity index (χ4v) is 2.87. The third-order valence-electron chi connectivity index (χ3n) is 4.15. The summed E-state index contributed by atoms with van der Waals surface area (Å²) in [7, 11) is 0. The lowest BCUT2D eigenvalue weighted by molar-refractivity contribution is 0.990. The molecule has 128 valence electrons. The predicted molar refractivity (Wildman–Crippen MR) is 103 cm³/mol. The van der Waals surface area contributed by atoms with Crippen LogP contribution in [0.2, 0.25) is 0 Å². The van der Waals surface area contributed by atoms with Crippen molar-refractivity contribution in [3.05, 3.63) is 101 Å². The maximum Gasteiger partial charge on any atom is 0.264 e. The molecule has 0 aliphatic heterocycles. The Hall–Kier alpha value is -4.04. The van der Waals surface area contributed by atoms with Crippen molar-refractivity contribution in [1.29, 1.82) is 5.26 Å². The molecule has 3 heterocycles. The second-order valence-corrected chi connectivity index (χ2v) is 5.89.